The van der Waals surface area contributed by atoms with Crippen LogP contribution < -0.4 is 34.3 Å². The maximum absolute atomic E-state index is 10.5. The Labute approximate surface area is 232 Å². The number of aliphatic carboxylic acids is 1. The molecule has 0 aliphatic heterocycles. The number of aliphatic hydroxyl groups is 3. The van der Waals surface area contributed by atoms with E-state index in [0.29, 0.717) is 36.5 Å². The van der Waals surface area contributed by atoms with Crippen molar-refractivity contribution in [2.75, 3.05) is 6.61 Å². The zero-order valence-electron chi connectivity index (χ0n) is 18.7. The largest absolute Gasteiger partial charge is 1.00 e. The van der Waals surface area contributed by atoms with E-state index in [9.17, 15) is 20.1 Å². The zero-order valence-corrected chi connectivity index (χ0v) is 24.4. The predicted molar refractivity (Wildman–Crippen MR) is 118 cm³/mol. The molecular formula is C22H30ClNaO6Pb. The van der Waals surface area contributed by atoms with Crippen molar-refractivity contribution < 1.29 is 60.9 Å². The first kappa shape index (κ1) is 31.1. The van der Waals surface area contributed by atoms with E-state index in [1.165, 1.54) is 0 Å². The maximum Gasteiger partial charge on any atom is 1.00 e. The Morgan fingerprint density at radius 3 is 2.71 bits per heavy atom. The van der Waals surface area contributed by atoms with Gasteiger partial charge in [-0.3, -0.25) is 4.79 Å². The molecule has 9 heteroatoms. The number of aliphatic hydroxyl groups excluding tert-OH is 3. The number of unbranched alkanes of at least 4 members (excludes halogenated alkanes) is 1. The molecule has 0 heterocycles. The van der Waals surface area contributed by atoms with E-state index >= 15 is 0 Å². The van der Waals surface area contributed by atoms with E-state index in [1.54, 1.807) is 36.4 Å². The molecule has 31 heavy (non-hydrogen) atoms. The van der Waals surface area contributed by atoms with Gasteiger partial charge in [-0.25, -0.2) is 0 Å². The summed E-state index contributed by atoms with van der Waals surface area (Å²) in [6, 6.07) is 6.90. The van der Waals surface area contributed by atoms with Crippen molar-refractivity contribution in [3.63, 3.8) is 0 Å². The third-order valence-electron chi connectivity index (χ3n) is 5.02. The molecule has 1 fully saturated rings. The predicted octanol–water partition coefficient (Wildman–Crippen LogP) is -0.0693. The summed E-state index contributed by atoms with van der Waals surface area (Å²) in [5, 5.41) is 39.8. The third kappa shape index (κ3) is 11.7. The van der Waals surface area contributed by atoms with Crippen LogP contribution >= 0.6 is 11.6 Å². The van der Waals surface area contributed by atoms with Crippen molar-refractivity contribution in [1.29, 1.82) is 0 Å². The molecule has 0 aromatic heterocycles. The molecule has 1 saturated carbocycles. The Balaban J connectivity index is 0. The SMILES string of the molecule is O=C(O)CCC/C=C\C[C@@H]1[C@@H](/C=C/[C@@H](O)COc2cccc(Cl)c2)[C@H](O)C[C@@H]1O.[H-].[Na+].[Pb]. The minimum atomic E-state index is -0.855. The molecule has 1 aromatic carbocycles. The van der Waals surface area contributed by atoms with Gasteiger partial charge in [-0.2, -0.15) is 0 Å². The van der Waals surface area contributed by atoms with Crippen molar-refractivity contribution in [1.82, 2.24) is 0 Å². The Morgan fingerprint density at radius 1 is 1.29 bits per heavy atom. The second-order valence-electron chi connectivity index (χ2n) is 7.33. The zero-order chi connectivity index (χ0) is 21.2. The number of rotatable bonds is 11. The fraction of sp³-hybridized carbons (Fsp3) is 0.500. The van der Waals surface area contributed by atoms with Crippen molar-refractivity contribution in [2.45, 2.75) is 50.4 Å². The molecule has 4 N–H and O–H groups in total. The minimum Gasteiger partial charge on any atom is -1.00 e. The van der Waals surface area contributed by atoms with E-state index < -0.39 is 24.3 Å². The summed E-state index contributed by atoms with van der Waals surface area (Å²) in [5.74, 6) is -0.671. The summed E-state index contributed by atoms with van der Waals surface area (Å²) in [4.78, 5) is 10.5. The topological polar surface area (TPSA) is 107 Å². The molecule has 5 atom stereocenters. The number of hydrogen-bond donors (Lipinski definition) is 4. The van der Waals surface area contributed by atoms with E-state index in [2.05, 4.69) is 0 Å². The van der Waals surface area contributed by atoms with Crippen molar-refractivity contribution in [3.05, 3.63) is 53.6 Å². The van der Waals surface area contributed by atoms with Gasteiger partial charge in [0.1, 0.15) is 18.5 Å². The summed E-state index contributed by atoms with van der Waals surface area (Å²) < 4.78 is 5.51. The molecule has 0 amide bonds. The molecule has 166 valence electrons. The molecule has 0 unspecified atom stereocenters. The van der Waals surface area contributed by atoms with E-state index in [4.69, 9.17) is 21.4 Å². The number of allylic oxidation sites excluding steroid dienone is 2. The van der Waals surface area contributed by atoms with Gasteiger partial charge in [0.2, 0.25) is 0 Å². The summed E-state index contributed by atoms with van der Waals surface area (Å²) in [7, 11) is 0. The van der Waals surface area contributed by atoms with Crippen molar-refractivity contribution >= 4 is 44.9 Å². The van der Waals surface area contributed by atoms with Crippen LogP contribution in [0.25, 0.3) is 0 Å². The first-order chi connectivity index (χ1) is 13.9. The fourth-order valence-corrected chi connectivity index (χ4v) is 3.68. The van der Waals surface area contributed by atoms with Gasteiger partial charge in [0.05, 0.1) is 12.2 Å². The van der Waals surface area contributed by atoms with E-state index in [1.807, 2.05) is 12.2 Å². The van der Waals surface area contributed by atoms with E-state index in [-0.39, 0.29) is 83.1 Å². The van der Waals surface area contributed by atoms with Gasteiger partial charge in [-0.05, 0) is 43.4 Å². The Kier molecular flexibility index (Phi) is 16.7. The van der Waals surface area contributed by atoms with E-state index in [0.717, 1.165) is 0 Å². The average Bonchev–Trinajstić information content (AvgIpc) is 2.93. The molecule has 1 aromatic rings. The third-order valence-corrected chi connectivity index (χ3v) is 5.26. The minimum absolute atomic E-state index is 0. The fourth-order valence-electron chi connectivity index (χ4n) is 3.50. The van der Waals surface area contributed by atoms with Gasteiger partial charge in [-0.15, -0.1) is 0 Å². The van der Waals surface area contributed by atoms with Crippen LogP contribution in [0.4, 0.5) is 0 Å². The number of carbonyl (C=O) groups is 1. The average molecular weight is 656 g/mol. The summed E-state index contributed by atoms with van der Waals surface area (Å²) in [5.41, 5.74) is 0. The number of benzene rings is 1. The van der Waals surface area contributed by atoms with Crippen LogP contribution in [-0.4, -0.2) is 78.6 Å². The van der Waals surface area contributed by atoms with Crippen LogP contribution in [0.1, 0.15) is 33.5 Å². The van der Waals surface area contributed by atoms with Crippen LogP contribution in [0.3, 0.4) is 0 Å². The standard InChI is InChI=1S/C22H29ClO6.Na.Pb.H/c23-15-6-5-7-17(12-15)29-14-16(24)10-11-19-18(20(25)13-21(19)26)8-3-1-2-4-9-22(27)28;;;/h1,3,5-7,10-12,16,18-21,24-26H,2,4,8-9,13-14H2,(H,27,28);;;/q;+1;;-1/b3-1-,11-10+;;;/t16-,18-,19-,20+,21-;;;/m1.../s1. The van der Waals surface area contributed by atoms with Crippen LogP contribution in [-0.2, 0) is 4.79 Å². The van der Waals surface area contributed by atoms with Crippen LogP contribution in [0, 0.1) is 11.8 Å². The molecule has 0 spiro atoms. The van der Waals surface area contributed by atoms with Gasteiger partial charge in [-0.1, -0.05) is 42.0 Å². The van der Waals surface area contributed by atoms with Crippen LogP contribution in [0.2, 0.25) is 5.02 Å². The van der Waals surface area contributed by atoms with Gasteiger partial charge < -0.3 is 26.6 Å². The second kappa shape index (κ2) is 16.6. The summed E-state index contributed by atoms with van der Waals surface area (Å²) in [6.45, 7) is 0.0519. The maximum atomic E-state index is 10.5. The molecule has 1 aliphatic rings. The number of hydrogen-bond acceptors (Lipinski definition) is 5. The number of halogens is 1. The number of ether oxygens (including phenoxy) is 1. The number of carboxylic acids is 1. The molecule has 0 bridgehead atoms. The molecule has 0 saturated heterocycles. The van der Waals surface area contributed by atoms with Crippen LogP contribution in [0.5, 0.6) is 5.75 Å². The molecule has 2 rings (SSSR count). The number of carboxylic acid groups (broad SMARTS) is 1. The summed E-state index contributed by atoms with van der Waals surface area (Å²) >= 11 is 5.90. The molecule has 6 nitrogen and oxygen atoms in total. The first-order valence-corrected chi connectivity index (χ1v) is 10.2. The van der Waals surface area contributed by atoms with Crippen molar-refractivity contribution in [3.8, 4) is 5.75 Å². The van der Waals surface area contributed by atoms with Gasteiger partial charge in [0, 0.05) is 51.1 Å². The molecule has 4 radical (unpaired) electrons. The first-order valence-electron chi connectivity index (χ1n) is 9.84. The monoisotopic (exact) mass is 656 g/mol. The van der Waals surface area contributed by atoms with Gasteiger partial charge >= 0.3 is 35.5 Å². The van der Waals surface area contributed by atoms with Crippen molar-refractivity contribution in [2.24, 2.45) is 11.8 Å². The Hall–Kier alpha value is 0.0621. The Bertz CT molecular complexity index is 723. The quantitative estimate of drug-likeness (QED) is 0.151. The second-order valence-corrected chi connectivity index (χ2v) is 7.76. The molecule has 1 aliphatic carbocycles. The normalized spacial score (nSPS) is 24.0. The molecular weight excluding hydrogens is 626 g/mol. The smallest absolute Gasteiger partial charge is 1.00 e. The van der Waals surface area contributed by atoms with Gasteiger partial charge in [0.15, 0.2) is 0 Å². The van der Waals surface area contributed by atoms with Gasteiger partial charge in [0.25, 0.3) is 0 Å². The Morgan fingerprint density at radius 2 is 2.03 bits per heavy atom. The van der Waals surface area contributed by atoms with Crippen LogP contribution in [0.15, 0.2) is 48.6 Å². The summed E-state index contributed by atoms with van der Waals surface area (Å²) in [6.07, 6.45) is 7.26.